The standard InChI is InChI=1S/C14H22N2O3/c1-9(2)16-14(19)11-4-5-13(10(3)6-11)15-7-12(18)8-17/h4-6,9,12,15,17-18H,7-8H2,1-3H3,(H,16,19). The number of aryl methyl sites for hydroxylation is 1. The highest BCUT2D eigenvalue weighted by Crippen LogP contribution is 2.16. The van der Waals surface area contributed by atoms with Gasteiger partial charge < -0.3 is 20.8 Å². The first-order valence-corrected chi connectivity index (χ1v) is 6.38. The third-order valence-corrected chi connectivity index (χ3v) is 2.65. The van der Waals surface area contributed by atoms with Crippen molar-refractivity contribution in [3.63, 3.8) is 0 Å². The summed E-state index contributed by atoms with van der Waals surface area (Å²) >= 11 is 0. The van der Waals surface area contributed by atoms with Crippen LogP contribution in [0.25, 0.3) is 0 Å². The molecule has 4 N–H and O–H groups in total. The van der Waals surface area contributed by atoms with Gasteiger partial charge in [-0.1, -0.05) is 0 Å². The summed E-state index contributed by atoms with van der Waals surface area (Å²) < 4.78 is 0. The predicted molar refractivity (Wildman–Crippen MR) is 75.4 cm³/mol. The molecule has 0 aromatic heterocycles. The lowest BCUT2D eigenvalue weighted by Crippen LogP contribution is -2.30. The molecule has 0 aliphatic carbocycles. The number of nitrogens with one attached hydrogen (secondary N) is 2. The van der Waals surface area contributed by atoms with Gasteiger partial charge >= 0.3 is 0 Å². The van der Waals surface area contributed by atoms with Gasteiger partial charge in [-0.25, -0.2) is 0 Å². The maximum absolute atomic E-state index is 11.8. The molecule has 1 rings (SSSR count). The number of anilines is 1. The Bertz CT molecular complexity index is 433. The first kappa shape index (κ1) is 15.5. The fourth-order valence-electron chi connectivity index (χ4n) is 1.64. The summed E-state index contributed by atoms with van der Waals surface area (Å²) in [5.41, 5.74) is 2.37. The van der Waals surface area contributed by atoms with Gasteiger partial charge in [0.25, 0.3) is 5.91 Å². The number of rotatable bonds is 6. The molecule has 0 aliphatic heterocycles. The molecule has 19 heavy (non-hydrogen) atoms. The van der Waals surface area contributed by atoms with Crippen molar-refractivity contribution in [2.75, 3.05) is 18.5 Å². The minimum Gasteiger partial charge on any atom is -0.394 e. The molecule has 5 heteroatoms. The summed E-state index contributed by atoms with van der Waals surface area (Å²) in [6.07, 6.45) is -0.789. The molecule has 0 saturated heterocycles. The van der Waals surface area contributed by atoms with Crippen molar-refractivity contribution in [2.45, 2.75) is 32.9 Å². The van der Waals surface area contributed by atoms with Crippen LogP contribution in [0.3, 0.4) is 0 Å². The molecule has 0 heterocycles. The summed E-state index contributed by atoms with van der Waals surface area (Å²) in [5, 5.41) is 23.9. The molecule has 1 unspecified atom stereocenters. The largest absolute Gasteiger partial charge is 0.394 e. The number of benzene rings is 1. The highest BCUT2D eigenvalue weighted by Gasteiger charge is 2.09. The number of carbonyl (C=O) groups excluding carboxylic acids is 1. The van der Waals surface area contributed by atoms with E-state index < -0.39 is 6.10 Å². The van der Waals surface area contributed by atoms with Crippen molar-refractivity contribution in [3.05, 3.63) is 29.3 Å². The Labute approximate surface area is 113 Å². The van der Waals surface area contributed by atoms with Crippen LogP contribution < -0.4 is 10.6 Å². The molecule has 0 aliphatic rings. The zero-order valence-electron chi connectivity index (χ0n) is 11.6. The number of hydrogen-bond donors (Lipinski definition) is 4. The molecule has 1 amide bonds. The van der Waals surface area contributed by atoms with Crippen LogP contribution in [0.1, 0.15) is 29.8 Å². The maximum atomic E-state index is 11.8. The Morgan fingerprint density at radius 2 is 2.05 bits per heavy atom. The van der Waals surface area contributed by atoms with Crippen LogP contribution in [0.5, 0.6) is 0 Å². The van der Waals surface area contributed by atoms with E-state index in [0.29, 0.717) is 5.56 Å². The van der Waals surface area contributed by atoms with Gasteiger partial charge in [0, 0.05) is 23.8 Å². The fraction of sp³-hybridized carbons (Fsp3) is 0.500. The van der Waals surface area contributed by atoms with Crippen molar-refractivity contribution in [1.82, 2.24) is 5.32 Å². The topological polar surface area (TPSA) is 81.6 Å². The van der Waals surface area contributed by atoms with Gasteiger partial charge in [0.2, 0.25) is 0 Å². The smallest absolute Gasteiger partial charge is 0.251 e. The van der Waals surface area contributed by atoms with E-state index in [0.717, 1.165) is 11.3 Å². The average molecular weight is 266 g/mol. The Morgan fingerprint density at radius 3 is 2.58 bits per heavy atom. The molecule has 1 aromatic rings. The normalized spacial score (nSPS) is 12.3. The molecule has 0 fully saturated rings. The lowest BCUT2D eigenvalue weighted by Gasteiger charge is -2.14. The predicted octanol–water partition coefficient (Wildman–Crippen LogP) is 0.898. The molecule has 1 atom stereocenters. The zero-order valence-corrected chi connectivity index (χ0v) is 11.6. The van der Waals surface area contributed by atoms with Crippen molar-refractivity contribution < 1.29 is 15.0 Å². The van der Waals surface area contributed by atoms with E-state index in [2.05, 4.69) is 10.6 Å². The molecule has 0 spiro atoms. The van der Waals surface area contributed by atoms with Crippen molar-refractivity contribution in [3.8, 4) is 0 Å². The van der Waals surface area contributed by atoms with E-state index in [1.165, 1.54) is 0 Å². The molecule has 5 nitrogen and oxygen atoms in total. The summed E-state index contributed by atoms with van der Waals surface area (Å²) in [5.74, 6) is -0.0972. The van der Waals surface area contributed by atoms with Gasteiger partial charge in [0.05, 0.1) is 12.7 Å². The Balaban J connectivity index is 2.71. The van der Waals surface area contributed by atoms with Crippen LogP contribution in [0.4, 0.5) is 5.69 Å². The van der Waals surface area contributed by atoms with Crippen LogP contribution in [-0.2, 0) is 0 Å². The summed E-state index contributed by atoms with van der Waals surface area (Å²) in [4.78, 5) is 11.8. The Morgan fingerprint density at radius 1 is 1.37 bits per heavy atom. The summed E-state index contributed by atoms with van der Waals surface area (Å²) in [6.45, 7) is 5.71. The third-order valence-electron chi connectivity index (χ3n) is 2.65. The highest BCUT2D eigenvalue weighted by molar-refractivity contribution is 5.95. The van der Waals surface area contributed by atoms with E-state index >= 15 is 0 Å². The fourth-order valence-corrected chi connectivity index (χ4v) is 1.64. The second-order valence-electron chi connectivity index (χ2n) is 4.88. The molecule has 0 saturated carbocycles. The Hall–Kier alpha value is -1.59. The van der Waals surface area contributed by atoms with E-state index in [1.807, 2.05) is 20.8 Å². The van der Waals surface area contributed by atoms with Gasteiger partial charge in [-0.15, -0.1) is 0 Å². The number of carbonyl (C=O) groups is 1. The van der Waals surface area contributed by atoms with Crippen LogP contribution in [0.2, 0.25) is 0 Å². The van der Waals surface area contributed by atoms with E-state index in [9.17, 15) is 9.90 Å². The molecule has 1 aromatic carbocycles. The van der Waals surface area contributed by atoms with Crippen molar-refractivity contribution >= 4 is 11.6 Å². The second-order valence-corrected chi connectivity index (χ2v) is 4.88. The zero-order chi connectivity index (χ0) is 14.4. The van der Waals surface area contributed by atoms with Crippen molar-refractivity contribution in [1.29, 1.82) is 0 Å². The molecular weight excluding hydrogens is 244 g/mol. The number of aliphatic hydroxyl groups excluding tert-OH is 2. The van der Waals surface area contributed by atoms with Gasteiger partial charge in [-0.3, -0.25) is 4.79 Å². The van der Waals surface area contributed by atoms with E-state index in [4.69, 9.17) is 5.11 Å². The number of amides is 1. The minimum atomic E-state index is -0.789. The SMILES string of the molecule is Cc1cc(C(=O)NC(C)C)ccc1NCC(O)CO. The van der Waals surface area contributed by atoms with E-state index in [-0.39, 0.29) is 25.1 Å². The molecule has 0 bridgehead atoms. The minimum absolute atomic E-state index is 0.0972. The molecule has 106 valence electrons. The van der Waals surface area contributed by atoms with Gasteiger partial charge in [0.15, 0.2) is 0 Å². The molecule has 0 radical (unpaired) electrons. The first-order valence-electron chi connectivity index (χ1n) is 6.38. The lowest BCUT2D eigenvalue weighted by atomic mass is 10.1. The summed E-state index contributed by atoms with van der Waals surface area (Å²) in [6, 6.07) is 5.43. The Kier molecular flexibility index (Phi) is 5.79. The van der Waals surface area contributed by atoms with Crippen LogP contribution in [0, 0.1) is 6.92 Å². The maximum Gasteiger partial charge on any atom is 0.251 e. The lowest BCUT2D eigenvalue weighted by molar-refractivity contribution is 0.0943. The third kappa shape index (κ3) is 4.89. The van der Waals surface area contributed by atoms with Gasteiger partial charge in [-0.05, 0) is 44.5 Å². The van der Waals surface area contributed by atoms with Gasteiger partial charge in [0.1, 0.15) is 0 Å². The number of hydrogen-bond acceptors (Lipinski definition) is 4. The first-order chi connectivity index (χ1) is 8.93. The summed E-state index contributed by atoms with van der Waals surface area (Å²) in [7, 11) is 0. The van der Waals surface area contributed by atoms with E-state index in [1.54, 1.807) is 18.2 Å². The van der Waals surface area contributed by atoms with Crippen LogP contribution >= 0.6 is 0 Å². The quantitative estimate of drug-likeness (QED) is 0.616. The molecular formula is C14H22N2O3. The number of aliphatic hydroxyl groups is 2. The monoisotopic (exact) mass is 266 g/mol. The highest BCUT2D eigenvalue weighted by atomic mass is 16.3. The van der Waals surface area contributed by atoms with Gasteiger partial charge in [-0.2, -0.15) is 0 Å². The van der Waals surface area contributed by atoms with Crippen molar-refractivity contribution in [2.24, 2.45) is 0 Å². The van der Waals surface area contributed by atoms with Crippen LogP contribution in [-0.4, -0.2) is 41.4 Å². The second kappa shape index (κ2) is 7.11. The van der Waals surface area contributed by atoms with Crippen LogP contribution in [0.15, 0.2) is 18.2 Å². The average Bonchev–Trinajstić information content (AvgIpc) is 2.35.